The highest BCUT2D eigenvalue weighted by Crippen LogP contribution is 2.20. The molecule has 2 aromatic rings. The zero-order valence-corrected chi connectivity index (χ0v) is 8.36. The second kappa shape index (κ2) is 3.25. The molecule has 1 heterocycles. The molecular formula is C11H14N2O. The first-order valence-electron chi connectivity index (χ1n) is 4.73. The molecule has 74 valence electrons. The Labute approximate surface area is 82.9 Å². The summed E-state index contributed by atoms with van der Waals surface area (Å²) >= 11 is 0. The lowest BCUT2D eigenvalue weighted by molar-refractivity contribution is 0.476. The summed E-state index contributed by atoms with van der Waals surface area (Å²) in [6.45, 7) is 4.16. The first-order valence-corrected chi connectivity index (χ1v) is 4.73. The standard InChI is InChI=1S/C11H14N2O/c1-8(2)12-13-6-5-9-3-4-10(14)7-11(9)13/h3-8,12,14H,1-2H3. The van der Waals surface area contributed by atoms with Crippen molar-refractivity contribution >= 4 is 10.9 Å². The summed E-state index contributed by atoms with van der Waals surface area (Å²) in [6, 6.07) is 7.74. The van der Waals surface area contributed by atoms with E-state index in [2.05, 4.69) is 19.3 Å². The maximum Gasteiger partial charge on any atom is 0.117 e. The monoisotopic (exact) mass is 190 g/mol. The molecule has 0 fully saturated rings. The van der Waals surface area contributed by atoms with Crippen LogP contribution in [0.5, 0.6) is 5.75 Å². The smallest absolute Gasteiger partial charge is 0.117 e. The number of aromatic nitrogens is 1. The van der Waals surface area contributed by atoms with Gasteiger partial charge in [0.25, 0.3) is 0 Å². The molecule has 3 nitrogen and oxygen atoms in total. The Morgan fingerprint density at radius 2 is 2.07 bits per heavy atom. The molecule has 0 bridgehead atoms. The van der Waals surface area contributed by atoms with Crippen LogP contribution in [0.3, 0.4) is 0 Å². The summed E-state index contributed by atoms with van der Waals surface area (Å²) in [4.78, 5) is 0. The summed E-state index contributed by atoms with van der Waals surface area (Å²) in [5.41, 5.74) is 4.26. The first-order chi connectivity index (χ1) is 6.66. The van der Waals surface area contributed by atoms with Crippen LogP contribution >= 0.6 is 0 Å². The molecule has 0 aliphatic carbocycles. The number of hydrogen-bond donors (Lipinski definition) is 2. The van der Waals surface area contributed by atoms with E-state index >= 15 is 0 Å². The molecule has 1 aromatic carbocycles. The largest absolute Gasteiger partial charge is 0.508 e. The molecule has 0 saturated carbocycles. The third-order valence-corrected chi connectivity index (χ3v) is 2.07. The van der Waals surface area contributed by atoms with Crippen LogP contribution in [0.25, 0.3) is 10.9 Å². The molecule has 0 saturated heterocycles. The van der Waals surface area contributed by atoms with E-state index < -0.39 is 0 Å². The van der Waals surface area contributed by atoms with E-state index in [9.17, 15) is 5.11 Å². The van der Waals surface area contributed by atoms with Crippen molar-refractivity contribution in [3.05, 3.63) is 30.5 Å². The zero-order chi connectivity index (χ0) is 10.1. The number of nitrogens with one attached hydrogen (secondary N) is 1. The molecule has 1 aromatic heterocycles. The minimum absolute atomic E-state index is 0.294. The quantitative estimate of drug-likeness (QED) is 0.762. The van der Waals surface area contributed by atoms with Crippen LogP contribution in [-0.2, 0) is 0 Å². The number of nitrogens with zero attached hydrogens (tertiary/aromatic N) is 1. The highest BCUT2D eigenvalue weighted by molar-refractivity contribution is 5.81. The molecule has 0 aliphatic rings. The maximum absolute atomic E-state index is 9.37. The van der Waals surface area contributed by atoms with Crippen molar-refractivity contribution in [3.63, 3.8) is 0 Å². The molecule has 0 atom stereocenters. The van der Waals surface area contributed by atoms with Gasteiger partial charge in [0, 0.05) is 23.7 Å². The maximum atomic E-state index is 9.37. The van der Waals surface area contributed by atoms with Gasteiger partial charge >= 0.3 is 0 Å². The van der Waals surface area contributed by atoms with Crippen molar-refractivity contribution in [1.82, 2.24) is 4.68 Å². The fraction of sp³-hybridized carbons (Fsp3) is 0.273. The van der Waals surface area contributed by atoms with Crippen LogP contribution < -0.4 is 5.43 Å². The van der Waals surface area contributed by atoms with E-state index in [0.717, 1.165) is 10.9 Å². The van der Waals surface area contributed by atoms with Crippen molar-refractivity contribution in [1.29, 1.82) is 0 Å². The van der Waals surface area contributed by atoms with Crippen LogP contribution in [0.15, 0.2) is 30.5 Å². The lowest BCUT2D eigenvalue weighted by Gasteiger charge is -2.12. The average Bonchev–Trinajstić information content (AvgIpc) is 2.47. The Morgan fingerprint density at radius 3 is 2.79 bits per heavy atom. The number of rotatable bonds is 2. The minimum Gasteiger partial charge on any atom is -0.508 e. The third-order valence-electron chi connectivity index (χ3n) is 2.07. The van der Waals surface area contributed by atoms with Gasteiger partial charge in [0.1, 0.15) is 5.75 Å². The summed E-state index contributed by atoms with van der Waals surface area (Å²) in [7, 11) is 0. The highest BCUT2D eigenvalue weighted by Gasteiger charge is 2.02. The summed E-state index contributed by atoms with van der Waals surface area (Å²) in [5.74, 6) is 0.294. The van der Waals surface area contributed by atoms with Gasteiger partial charge in [-0.05, 0) is 32.0 Å². The number of benzene rings is 1. The van der Waals surface area contributed by atoms with E-state index in [-0.39, 0.29) is 0 Å². The zero-order valence-electron chi connectivity index (χ0n) is 8.36. The Morgan fingerprint density at radius 1 is 1.29 bits per heavy atom. The average molecular weight is 190 g/mol. The first kappa shape index (κ1) is 8.94. The predicted octanol–water partition coefficient (Wildman–Crippen LogP) is 2.30. The summed E-state index contributed by atoms with van der Waals surface area (Å²) in [6.07, 6.45) is 1.96. The molecule has 0 amide bonds. The van der Waals surface area contributed by atoms with E-state index in [1.54, 1.807) is 12.1 Å². The number of aromatic hydroxyl groups is 1. The number of fused-ring (bicyclic) bond motifs is 1. The van der Waals surface area contributed by atoms with E-state index in [4.69, 9.17) is 0 Å². The molecule has 2 rings (SSSR count). The molecule has 3 heteroatoms. The number of hydrogen-bond acceptors (Lipinski definition) is 2. The van der Waals surface area contributed by atoms with Gasteiger partial charge in [0.05, 0.1) is 5.52 Å². The topological polar surface area (TPSA) is 37.2 Å². The normalized spacial score (nSPS) is 11.1. The van der Waals surface area contributed by atoms with Crippen LogP contribution in [0.2, 0.25) is 0 Å². The lowest BCUT2D eigenvalue weighted by atomic mass is 10.2. The Bertz CT molecular complexity index is 445. The Balaban J connectivity index is 2.50. The van der Waals surface area contributed by atoms with Gasteiger partial charge in [0.15, 0.2) is 0 Å². The molecule has 0 aliphatic heterocycles. The van der Waals surface area contributed by atoms with Gasteiger partial charge < -0.3 is 10.5 Å². The number of phenols is 1. The second-order valence-corrected chi connectivity index (χ2v) is 3.71. The van der Waals surface area contributed by atoms with Gasteiger partial charge in [-0.1, -0.05) is 0 Å². The predicted molar refractivity (Wildman–Crippen MR) is 58.1 cm³/mol. The minimum atomic E-state index is 0.294. The van der Waals surface area contributed by atoms with E-state index in [1.807, 2.05) is 23.0 Å². The molecule has 0 spiro atoms. The third kappa shape index (κ3) is 1.53. The second-order valence-electron chi connectivity index (χ2n) is 3.71. The van der Waals surface area contributed by atoms with Crippen molar-refractivity contribution in [2.45, 2.75) is 19.9 Å². The molecule has 0 radical (unpaired) electrons. The van der Waals surface area contributed by atoms with Crippen LogP contribution in [0.4, 0.5) is 0 Å². The highest BCUT2D eigenvalue weighted by atomic mass is 16.3. The van der Waals surface area contributed by atoms with Crippen molar-refractivity contribution in [2.75, 3.05) is 5.43 Å². The SMILES string of the molecule is CC(C)Nn1ccc2ccc(O)cc21. The lowest BCUT2D eigenvalue weighted by Crippen LogP contribution is -2.20. The molecule has 2 N–H and O–H groups in total. The van der Waals surface area contributed by atoms with Crippen LogP contribution in [-0.4, -0.2) is 15.8 Å². The Kier molecular flexibility index (Phi) is 2.08. The van der Waals surface area contributed by atoms with Crippen LogP contribution in [0, 0.1) is 0 Å². The molecular weight excluding hydrogens is 176 g/mol. The van der Waals surface area contributed by atoms with Gasteiger partial charge in [-0.25, -0.2) is 0 Å². The van der Waals surface area contributed by atoms with Gasteiger partial charge in [0.2, 0.25) is 0 Å². The Hall–Kier alpha value is -1.64. The summed E-state index contributed by atoms with van der Waals surface area (Å²) in [5, 5.41) is 10.5. The number of phenolic OH excluding ortho intramolecular Hbond substituents is 1. The van der Waals surface area contributed by atoms with Crippen molar-refractivity contribution in [2.24, 2.45) is 0 Å². The van der Waals surface area contributed by atoms with Gasteiger partial charge in [-0.3, -0.25) is 4.68 Å². The molecule has 0 unspecified atom stereocenters. The van der Waals surface area contributed by atoms with E-state index in [1.165, 1.54) is 0 Å². The van der Waals surface area contributed by atoms with E-state index in [0.29, 0.717) is 11.8 Å². The van der Waals surface area contributed by atoms with Gasteiger partial charge in [-0.2, -0.15) is 0 Å². The summed E-state index contributed by atoms with van der Waals surface area (Å²) < 4.78 is 1.93. The fourth-order valence-corrected chi connectivity index (χ4v) is 1.51. The van der Waals surface area contributed by atoms with Crippen molar-refractivity contribution in [3.8, 4) is 5.75 Å². The fourth-order valence-electron chi connectivity index (χ4n) is 1.51. The van der Waals surface area contributed by atoms with Crippen molar-refractivity contribution < 1.29 is 5.11 Å². The van der Waals surface area contributed by atoms with Gasteiger partial charge in [-0.15, -0.1) is 0 Å². The van der Waals surface area contributed by atoms with Crippen LogP contribution in [0.1, 0.15) is 13.8 Å². The molecule has 14 heavy (non-hydrogen) atoms.